The summed E-state index contributed by atoms with van der Waals surface area (Å²) in [6.07, 6.45) is 0.526. The Hall–Kier alpha value is -3.11. The minimum atomic E-state index is -0.143. The predicted octanol–water partition coefficient (Wildman–Crippen LogP) is 3.62. The molecule has 114 valence electrons. The second kappa shape index (κ2) is 8.36. The number of carbonyl (C=O) groups excluding carboxylic acids is 1. The highest BCUT2D eigenvalue weighted by Gasteiger charge is 2.15. The van der Waals surface area contributed by atoms with Crippen molar-refractivity contribution in [1.82, 2.24) is 4.90 Å². The first-order chi connectivity index (χ1) is 11.3. The zero-order valence-electron chi connectivity index (χ0n) is 12.8. The molecule has 0 aliphatic heterocycles. The molecule has 0 aliphatic rings. The fourth-order valence-electron chi connectivity index (χ4n) is 2.30. The van der Waals surface area contributed by atoms with Gasteiger partial charge in [-0.3, -0.25) is 4.79 Å². The van der Waals surface area contributed by atoms with E-state index in [0.717, 1.165) is 11.1 Å². The Labute approximate surface area is 136 Å². The van der Waals surface area contributed by atoms with Gasteiger partial charge in [-0.05, 0) is 23.3 Å². The van der Waals surface area contributed by atoms with Crippen LogP contribution < -0.4 is 0 Å². The molecule has 0 heterocycles. The SMILES string of the molecule is N#CCCN(CCC#N)C(=O)c1ccc(-c2ccccc2)cc1. The molecule has 0 spiro atoms. The molecule has 0 N–H and O–H groups in total. The minimum Gasteiger partial charge on any atom is -0.337 e. The number of nitriles is 2. The average Bonchev–Trinajstić information content (AvgIpc) is 2.62. The molecular weight excluding hydrogens is 286 g/mol. The van der Waals surface area contributed by atoms with Crippen molar-refractivity contribution in [3.63, 3.8) is 0 Å². The lowest BCUT2D eigenvalue weighted by molar-refractivity contribution is 0.0762. The van der Waals surface area contributed by atoms with Crippen molar-refractivity contribution in [3.8, 4) is 23.3 Å². The van der Waals surface area contributed by atoms with Gasteiger partial charge in [0.2, 0.25) is 0 Å². The van der Waals surface area contributed by atoms with E-state index in [2.05, 4.69) is 0 Å². The Morgan fingerprint density at radius 2 is 1.35 bits per heavy atom. The van der Waals surface area contributed by atoms with Crippen molar-refractivity contribution in [2.75, 3.05) is 13.1 Å². The summed E-state index contributed by atoms with van der Waals surface area (Å²) >= 11 is 0. The lowest BCUT2D eigenvalue weighted by atomic mass is 10.0. The number of amides is 1. The minimum absolute atomic E-state index is 0.143. The third-order valence-corrected chi connectivity index (χ3v) is 3.51. The first-order valence-electron chi connectivity index (χ1n) is 7.45. The van der Waals surface area contributed by atoms with Crippen LogP contribution in [0, 0.1) is 22.7 Å². The Morgan fingerprint density at radius 3 is 1.87 bits per heavy atom. The van der Waals surface area contributed by atoms with E-state index in [1.807, 2.05) is 54.6 Å². The maximum Gasteiger partial charge on any atom is 0.253 e. The highest BCUT2D eigenvalue weighted by Crippen LogP contribution is 2.20. The van der Waals surface area contributed by atoms with E-state index in [4.69, 9.17) is 10.5 Å². The predicted molar refractivity (Wildman–Crippen MR) is 88.2 cm³/mol. The van der Waals surface area contributed by atoms with E-state index in [1.165, 1.54) is 0 Å². The first-order valence-corrected chi connectivity index (χ1v) is 7.45. The molecule has 1 amide bonds. The zero-order valence-corrected chi connectivity index (χ0v) is 12.8. The molecule has 0 bridgehead atoms. The van der Waals surface area contributed by atoms with E-state index in [9.17, 15) is 4.79 Å². The summed E-state index contributed by atoms with van der Waals surface area (Å²) < 4.78 is 0. The summed E-state index contributed by atoms with van der Waals surface area (Å²) in [5, 5.41) is 17.4. The van der Waals surface area contributed by atoms with Crippen LogP contribution >= 0.6 is 0 Å². The van der Waals surface area contributed by atoms with Crippen molar-refractivity contribution >= 4 is 5.91 Å². The van der Waals surface area contributed by atoms with Crippen LogP contribution in [0.2, 0.25) is 0 Å². The van der Waals surface area contributed by atoms with Gasteiger partial charge in [-0.25, -0.2) is 0 Å². The third kappa shape index (κ3) is 4.43. The summed E-state index contributed by atoms with van der Waals surface area (Å²) in [6, 6.07) is 21.4. The molecular formula is C19H17N3O. The molecule has 4 nitrogen and oxygen atoms in total. The van der Waals surface area contributed by atoms with Gasteiger partial charge in [0.05, 0.1) is 25.0 Å². The van der Waals surface area contributed by atoms with Gasteiger partial charge < -0.3 is 4.90 Å². The van der Waals surface area contributed by atoms with Crippen LogP contribution in [-0.4, -0.2) is 23.9 Å². The Kier molecular flexibility index (Phi) is 5.91. The highest BCUT2D eigenvalue weighted by molar-refractivity contribution is 5.94. The van der Waals surface area contributed by atoms with Crippen LogP contribution in [0.15, 0.2) is 54.6 Å². The summed E-state index contributed by atoms with van der Waals surface area (Å²) in [7, 11) is 0. The van der Waals surface area contributed by atoms with Crippen LogP contribution in [0.1, 0.15) is 23.2 Å². The van der Waals surface area contributed by atoms with E-state index in [1.54, 1.807) is 17.0 Å². The number of carbonyl (C=O) groups is 1. The lowest BCUT2D eigenvalue weighted by Crippen LogP contribution is -2.32. The molecule has 2 aromatic carbocycles. The van der Waals surface area contributed by atoms with Crippen LogP contribution in [0.5, 0.6) is 0 Å². The number of hydrogen-bond acceptors (Lipinski definition) is 3. The molecule has 4 heteroatoms. The Balaban J connectivity index is 2.14. The van der Waals surface area contributed by atoms with Gasteiger partial charge in [0, 0.05) is 18.7 Å². The smallest absolute Gasteiger partial charge is 0.253 e. The quantitative estimate of drug-likeness (QED) is 0.818. The van der Waals surface area contributed by atoms with E-state index < -0.39 is 0 Å². The Morgan fingerprint density at radius 1 is 0.826 bits per heavy atom. The summed E-state index contributed by atoms with van der Waals surface area (Å²) in [4.78, 5) is 14.1. The second-order valence-electron chi connectivity index (χ2n) is 5.05. The number of rotatable bonds is 6. The van der Waals surface area contributed by atoms with Crippen LogP contribution in [-0.2, 0) is 0 Å². The van der Waals surface area contributed by atoms with Crippen molar-refractivity contribution in [1.29, 1.82) is 10.5 Å². The van der Waals surface area contributed by atoms with Crippen LogP contribution in [0.25, 0.3) is 11.1 Å². The number of benzene rings is 2. The standard InChI is InChI=1S/C19H17N3O/c20-12-4-14-22(15-5-13-21)19(23)18-10-8-17(9-11-18)16-6-2-1-3-7-16/h1-3,6-11H,4-5,14-15H2. The van der Waals surface area contributed by atoms with Gasteiger partial charge in [0.1, 0.15) is 0 Å². The Bertz CT molecular complexity index is 706. The van der Waals surface area contributed by atoms with E-state index >= 15 is 0 Å². The van der Waals surface area contributed by atoms with Gasteiger partial charge >= 0.3 is 0 Å². The molecule has 0 radical (unpaired) electrons. The van der Waals surface area contributed by atoms with Crippen LogP contribution in [0.3, 0.4) is 0 Å². The number of nitrogens with zero attached hydrogens (tertiary/aromatic N) is 3. The molecule has 0 fully saturated rings. The molecule has 0 aliphatic carbocycles. The fraction of sp³-hybridized carbons (Fsp3) is 0.211. The maximum absolute atomic E-state index is 12.5. The lowest BCUT2D eigenvalue weighted by Gasteiger charge is -2.20. The van der Waals surface area contributed by atoms with Gasteiger partial charge in [-0.2, -0.15) is 10.5 Å². The molecule has 0 saturated carbocycles. The fourth-order valence-corrected chi connectivity index (χ4v) is 2.30. The van der Waals surface area contributed by atoms with Crippen molar-refractivity contribution < 1.29 is 4.79 Å². The molecule has 23 heavy (non-hydrogen) atoms. The molecule has 2 aromatic rings. The monoisotopic (exact) mass is 303 g/mol. The first kappa shape index (κ1) is 16.3. The number of hydrogen-bond donors (Lipinski definition) is 0. The largest absolute Gasteiger partial charge is 0.337 e. The topological polar surface area (TPSA) is 67.9 Å². The average molecular weight is 303 g/mol. The molecule has 2 rings (SSSR count). The van der Waals surface area contributed by atoms with Gasteiger partial charge in [-0.15, -0.1) is 0 Å². The maximum atomic E-state index is 12.5. The summed E-state index contributed by atoms with van der Waals surface area (Å²) in [6.45, 7) is 0.689. The van der Waals surface area contributed by atoms with Crippen LogP contribution in [0.4, 0.5) is 0 Å². The molecule has 0 atom stereocenters. The summed E-state index contributed by atoms with van der Waals surface area (Å²) in [5.74, 6) is -0.143. The van der Waals surface area contributed by atoms with E-state index in [0.29, 0.717) is 18.7 Å². The highest BCUT2D eigenvalue weighted by atomic mass is 16.2. The van der Waals surface area contributed by atoms with Crippen molar-refractivity contribution in [2.45, 2.75) is 12.8 Å². The molecule has 0 saturated heterocycles. The summed E-state index contributed by atoms with van der Waals surface area (Å²) in [5.41, 5.74) is 2.71. The van der Waals surface area contributed by atoms with Gasteiger partial charge in [0.15, 0.2) is 0 Å². The van der Waals surface area contributed by atoms with Gasteiger partial charge in [-0.1, -0.05) is 42.5 Å². The normalized spacial score (nSPS) is 9.65. The second-order valence-corrected chi connectivity index (χ2v) is 5.05. The van der Waals surface area contributed by atoms with E-state index in [-0.39, 0.29) is 18.7 Å². The van der Waals surface area contributed by atoms with Crippen molar-refractivity contribution in [2.24, 2.45) is 0 Å². The van der Waals surface area contributed by atoms with Crippen molar-refractivity contribution in [3.05, 3.63) is 60.2 Å². The molecule has 0 unspecified atom stereocenters. The molecule has 0 aromatic heterocycles. The van der Waals surface area contributed by atoms with Gasteiger partial charge in [0.25, 0.3) is 5.91 Å². The zero-order chi connectivity index (χ0) is 16.5. The third-order valence-electron chi connectivity index (χ3n) is 3.51.